The molecule has 0 amide bonds. The molecule has 0 radical (unpaired) electrons. The molecule has 3 aromatic heterocycles. The lowest BCUT2D eigenvalue weighted by Crippen LogP contribution is -2.02. The maximum Gasteiger partial charge on any atom is 0.160 e. The maximum absolute atomic E-state index is 5.22. The number of rotatable bonds is 6. The fourth-order valence-electron chi connectivity index (χ4n) is 8.43. The second kappa shape index (κ2) is 13.4. The zero-order chi connectivity index (χ0) is 37.9. The molecule has 4 nitrogen and oxygen atoms in total. The second-order valence-electron chi connectivity index (χ2n) is 14.8. The molecule has 0 bridgehead atoms. The second-order valence-corrected chi connectivity index (χ2v) is 14.8. The first-order valence-electron chi connectivity index (χ1n) is 19.3. The third-order valence-corrected chi connectivity index (χ3v) is 11.6. The Balaban J connectivity index is 1.10. The fraction of sp³-hybridized carbons (Fsp3) is 0.0769. The molecule has 0 spiro atoms. The van der Waals surface area contributed by atoms with Crippen LogP contribution < -0.4 is 0 Å². The third kappa shape index (κ3) is 5.53. The number of aryl methyl sites for hydroxylation is 2. The van der Waals surface area contributed by atoms with Crippen LogP contribution >= 0.6 is 0 Å². The Morgan fingerprint density at radius 1 is 0.357 bits per heavy atom. The van der Waals surface area contributed by atoms with E-state index in [9.17, 15) is 0 Å². The predicted octanol–water partition coefficient (Wildman–Crippen LogP) is 13.4. The fourth-order valence-corrected chi connectivity index (χ4v) is 8.43. The first-order chi connectivity index (χ1) is 27.4. The van der Waals surface area contributed by atoms with E-state index in [0.717, 1.165) is 50.2 Å². The zero-order valence-electron chi connectivity index (χ0n) is 32.0. The highest BCUT2D eigenvalue weighted by atomic mass is 15.0. The predicted molar refractivity (Wildman–Crippen MR) is 234 cm³/mol. The van der Waals surface area contributed by atoms with E-state index < -0.39 is 0 Å². The van der Waals surface area contributed by atoms with E-state index in [-0.39, 0.29) is 0 Å². The third-order valence-electron chi connectivity index (χ3n) is 11.6. The molecular formula is C52H40N4. The monoisotopic (exact) mass is 720 g/mol. The van der Waals surface area contributed by atoms with Crippen LogP contribution in [0.5, 0.6) is 0 Å². The van der Waals surface area contributed by atoms with E-state index in [0.29, 0.717) is 5.82 Å². The normalized spacial score (nSPS) is 11.6. The molecule has 10 aromatic rings. The Morgan fingerprint density at radius 3 is 1.39 bits per heavy atom. The van der Waals surface area contributed by atoms with Gasteiger partial charge < -0.3 is 9.13 Å². The van der Waals surface area contributed by atoms with Gasteiger partial charge in [-0.25, -0.2) is 9.97 Å². The van der Waals surface area contributed by atoms with Gasteiger partial charge in [-0.15, -0.1) is 0 Å². The Kier molecular flexibility index (Phi) is 8.00. The Morgan fingerprint density at radius 2 is 0.804 bits per heavy atom. The standard InChI is InChI=1S/C52H40N4/c1-33-35(3)55(49-20-12-9-16-45(33)49)43-30-42(31-44(32-43)56-36(4)34(2)46-17-10-13-21-50(46)56)39-24-28-41(29-25-39)52-53-48-19-11-8-18-47(48)51(54-52)40-26-22-38(23-27-40)37-14-6-5-7-15-37/h5-32H,1-4H3. The molecule has 0 fully saturated rings. The SMILES string of the molecule is Cc1c(C)n(-c2cc(-c3ccc(-c4nc(-c5ccc(-c6ccccc6)cc5)c5ccccc5n4)cc3)cc(-n3c(C)c(C)c4ccccc43)c2)c2ccccc12. The molecule has 0 aliphatic carbocycles. The molecule has 0 N–H and O–H groups in total. The Labute approximate surface area is 327 Å². The van der Waals surface area contributed by atoms with Crippen molar-refractivity contribution in [1.29, 1.82) is 0 Å². The van der Waals surface area contributed by atoms with Gasteiger partial charge in [0, 0.05) is 50.0 Å². The average molecular weight is 721 g/mol. The van der Waals surface area contributed by atoms with E-state index in [1.165, 1.54) is 55.4 Å². The minimum atomic E-state index is 0.710. The summed E-state index contributed by atoms with van der Waals surface area (Å²) in [5, 5.41) is 3.60. The molecule has 268 valence electrons. The minimum absolute atomic E-state index is 0.710. The lowest BCUT2D eigenvalue weighted by atomic mass is 10.00. The molecular weight excluding hydrogens is 681 g/mol. The average Bonchev–Trinajstić information content (AvgIpc) is 3.67. The van der Waals surface area contributed by atoms with Crippen molar-refractivity contribution in [2.45, 2.75) is 27.7 Å². The van der Waals surface area contributed by atoms with Crippen LogP contribution in [0.1, 0.15) is 22.5 Å². The topological polar surface area (TPSA) is 35.6 Å². The molecule has 0 saturated heterocycles. The highest BCUT2D eigenvalue weighted by molar-refractivity contribution is 5.94. The molecule has 3 heterocycles. The van der Waals surface area contributed by atoms with Crippen molar-refractivity contribution in [3.63, 3.8) is 0 Å². The number of aromatic nitrogens is 4. The molecule has 0 unspecified atom stereocenters. The summed E-state index contributed by atoms with van der Waals surface area (Å²) in [6, 6.07) is 60.6. The Hall–Kier alpha value is -7.04. The molecule has 0 aliphatic rings. The van der Waals surface area contributed by atoms with Gasteiger partial charge in [-0.3, -0.25) is 0 Å². The van der Waals surface area contributed by atoms with Crippen molar-refractivity contribution in [1.82, 2.24) is 19.1 Å². The molecule has 10 rings (SSSR count). The maximum atomic E-state index is 5.22. The van der Waals surface area contributed by atoms with E-state index in [1.807, 2.05) is 12.1 Å². The highest BCUT2D eigenvalue weighted by Crippen LogP contribution is 2.37. The van der Waals surface area contributed by atoms with Gasteiger partial charge >= 0.3 is 0 Å². The quantitative estimate of drug-likeness (QED) is 0.171. The number of hydrogen-bond donors (Lipinski definition) is 0. The van der Waals surface area contributed by atoms with Crippen LogP contribution in [-0.4, -0.2) is 19.1 Å². The summed E-state index contributed by atoms with van der Waals surface area (Å²) in [6.45, 7) is 8.91. The van der Waals surface area contributed by atoms with Crippen LogP contribution in [0.15, 0.2) is 170 Å². The number of nitrogens with zero attached hydrogens (tertiary/aromatic N) is 4. The summed E-state index contributed by atoms with van der Waals surface area (Å²) in [5.74, 6) is 0.710. The van der Waals surface area contributed by atoms with Gasteiger partial charge in [0.2, 0.25) is 0 Å². The van der Waals surface area contributed by atoms with Gasteiger partial charge in [0.1, 0.15) is 0 Å². The summed E-state index contributed by atoms with van der Waals surface area (Å²) >= 11 is 0. The van der Waals surface area contributed by atoms with Gasteiger partial charge in [0.15, 0.2) is 5.82 Å². The summed E-state index contributed by atoms with van der Waals surface area (Å²) in [6.07, 6.45) is 0. The lowest BCUT2D eigenvalue weighted by molar-refractivity contribution is 1.01. The highest BCUT2D eigenvalue weighted by Gasteiger charge is 2.18. The van der Waals surface area contributed by atoms with Crippen LogP contribution in [0.25, 0.3) is 89.0 Å². The van der Waals surface area contributed by atoms with Crippen molar-refractivity contribution in [2.24, 2.45) is 0 Å². The van der Waals surface area contributed by atoms with Crippen LogP contribution in [0, 0.1) is 27.7 Å². The van der Waals surface area contributed by atoms with E-state index in [1.54, 1.807) is 0 Å². The summed E-state index contributed by atoms with van der Waals surface area (Å²) < 4.78 is 4.83. The lowest BCUT2D eigenvalue weighted by Gasteiger charge is -2.17. The van der Waals surface area contributed by atoms with Crippen LogP contribution in [0.4, 0.5) is 0 Å². The number of hydrogen-bond acceptors (Lipinski definition) is 2. The van der Waals surface area contributed by atoms with Gasteiger partial charge in [0.05, 0.1) is 22.2 Å². The zero-order valence-corrected chi connectivity index (χ0v) is 32.0. The first-order valence-corrected chi connectivity index (χ1v) is 19.3. The van der Waals surface area contributed by atoms with Crippen molar-refractivity contribution < 1.29 is 0 Å². The van der Waals surface area contributed by atoms with Crippen LogP contribution in [-0.2, 0) is 0 Å². The van der Waals surface area contributed by atoms with Gasteiger partial charge in [-0.2, -0.15) is 0 Å². The number of benzene rings is 7. The Bertz CT molecular complexity index is 2990. The van der Waals surface area contributed by atoms with Gasteiger partial charge in [-0.05, 0) is 97.5 Å². The number of fused-ring (bicyclic) bond motifs is 3. The molecule has 0 atom stereocenters. The molecule has 0 saturated carbocycles. The first kappa shape index (κ1) is 33.5. The van der Waals surface area contributed by atoms with E-state index in [2.05, 4.69) is 195 Å². The van der Waals surface area contributed by atoms with Crippen molar-refractivity contribution in [2.75, 3.05) is 0 Å². The smallest absolute Gasteiger partial charge is 0.160 e. The van der Waals surface area contributed by atoms with Crippen LogP contribution in [0.2, 0.25) is 0 Å². The van der Waals surface area contributed by atoms with Crippen LogP contribution in [0.3, 0.4) is 0 Å². The largest absolute Gasteiger partial charge is 0.314 e. The molecule has 0 aliphatic heterocycles. The summed E-state index contributed by atoms with van der Waals surface area (Å²) in [5.41, 5.74) is 18.4. The minimum Gasteiger partial charge on any atom is -0.314 e. The van der Waals surface area contributed by atoms with Crippen molar-refractivity contribution in [3.05, 3.63) is 192 Å². The summed E-state index contributed by atoms with van der Waals surface area (Å²) in [4.78, 5) is 10.3. The van der Waals surface area contributed by atoms with Crippen molar-refractivity contribution >= 4 is 32.7 Å². The van der Waals surface area contributed by atoms with Gasteiger partial charge in [-0.1, -0.05) is 133 Å². The van der Waals surface area contributed by atoms with E-state index >= 15 is 0 Å². The molecule has 7 aromatic carbocycles. The van der Waals surface area contributed by atoms with Gasteiger partial charge in [0.25, 0.3) is 0 Å². The molecule has 56 heavy (non-hydrogen) atoms. The molecule has 4 heteroatoms. The summed E-state index contributed by atoms with van der Waals surface area (Å²) in [7, 11) is 0. The van der Waals surface area contributed by atoms with Crippen molar-refractivity contribution in [3.8, 4) is 56.3 Å². The number of para-hydroxylation sites is 3. The van der Waals surface area contributed by atoms with E-state index in [4.69, 9.17) is 9.97 Å².